The van der Waals surface area contributed by atoms with Crippen molar-refractivity contribution in [1.29, 1.82) is 0 Å². The molecule has 0 bridgehead atoms. The summed E-state index contributed by atoms with van der Waals surface area (Å²) in [5.41, 5.74) is 0. The molecule has 1 fully saturated rings. The van der Waals surface area contributed by atoms with E-state index >= 15 is 0 Å². The van der Waals surface area contributed by atoms with E-state index in [1.807, 2.05) is 6.92 Å². The van der Waals surface area contributed by atoms with Crippen molar-refractivity contribution in [1.82, 2.24) is 9.62 Å². The number of hydrogen-bond donors (Lipinski definition) is 1. The van der Waals surface area contributed by atoms with Crippen molar-refractivity contribution in [2.24, 2.45) is 5.92 Å². The van der Waals surface area contributed by atoms with Crippen molar-refractivity contribution >= 4 is 15.9 Å². The standard InChI is InChI=1S/C12H24N2O3S/c1-4-6-10(2)12(15)13-11-7-5-8-14(9-11)18(3,16)17/h10-11H,4-9H2,1-3H3,(H,13,15). The van der Waals surface area contributed by atoms with Crippen LogP contribution in [0.2, 0.25) is 0 Å². The van der Waals surface area contributed by atoms with Gasteiger partial charge in [0, 0.05) is 25.0 Å². The molecular formula is C12H24N2O3S. The molecule has 0 aliphatic carbocycles. The maximum Gasteiger partial charge on any atom is 0.223 e. The lowest BCUT2D eigenvalue weighted by Gasteiger charge is -2.32. The minimum atomic E-state index is -3.14. The third kappa shape index (κ3) is 4.57. The number of sulfonamides is 1. The van der Waals surface area contributed by atoms with Crippen molar-refractivity contribution in [3.8, 4) is 0 Å². The summed E-state index contributed by atoms with van der Waals surface area (Å²) in [6, 6.07) is -0.0414. The summed E-state index contributed by atoms with van der Waals surface area (Å²) in [6.45, 7) is 4.94. The molecule has 1 aliphatic heterocycles. The number of piperidine rings is 1. The van der Waals surface area contributed by atoms with E-state index in [-0.39, 0.29) is 17.9 Å². The molecule has 18 heavy (non-hydrogen) atoms. The lowest BCUT2D eigenvalue weighted by Crippen LogP contribution is -2.50. The molecule has 1 amide bonds. The fourth-order valence-corrected chi connectivity index (χ4v) is 3.18. The fraction of sp³-hybridized carbons (Fsp3) is 0.917. The number of hydrogen-bond acceptors (Lipinski definition) is 3. The summed E-state index contributed by atoms with van der Waals surface area (Å²) in [5, 5.41) is 2.96. The van der Waals surface area contributed by atoms with Crippen molar-refractivity contribution in [3.05, 3.63) is 0 Å². The van der Waals surface area contributed by atoms with Crippen LogP contribution in [0.4, 0.5) is 0 Å². The van der Waals surface area contributed by atoms with E-state index in [1.54, 1.807) is 0 Å². The Kier molecular flexibility index (Phi) is 5.59. The summed E-state index contributed by atoms with van der Waals surface area (Å²) >= 11 is 0. The normalized spacial score (nSPS) is 23.6. The largest absolute Gasteiger partial charge is 0.352 e. The Morgan fingerprint density at radius 2 is 2.17 bits per heavy atom. The van der Waals surface area contributed by atoms with E-state index in [1.165, 1.54) is 10.6 Å². The molecule has 0 spiro atoms. The van der Waals surface area contributed by atoms with Gasteiger partial charge in [0.1, 0.15) is 0 Å². The first-order valence-corrected chi connectivity index (χ1v) is 8.45. The Hall–Kier alpha value is -0.620. The fourth-order valence-electron chi connectivity index (χ4n) is 2.27. The first kappa shape index (κ1) is 15.4. The van der Waals surface area contributed by atoms with E-state index < -0.39 is 10.0 Å². The van der Waals surface area contributed by atoms with Gasteiger partial charge >= 0.3 is 0 Å². The number of nitrogens with one attached hydrogen (secondary N) is 1. The minimum Gasteiger partial charge on any atom is -0.352 e. The van der Waals surface area contributed by atoms with Gasteiger partial charge < -0.3 is 5.32 Å². The topological polar surface area (TPSA) is 66.5 Å². The molecule has 6 heteroatoms. The van der Waals surface area contributed by atoms with Crippen molar-refractivity contribution in [3.63, 3.8) is 0 Å². The van der Waals surface area contributed by atoms with Crippen LogP contribution in [-0.2, 0) is 14.8 Å². The molecule has 106 valence electrons. The zero-order chi connectivity index (χ0) is 13.8. The quantitative estimate of drug-likeness (QED) is 0.813. The SMILES string of the molecule is CCCC(C)C(=O)NC1CCCN(S(C)(=O)=O)C1. The smallest absolute Gasteiger partial charge is 0.223 e. The Bertz CT molecular complexity index is 381. The summed E-state index contributed by atoms with van der Waals surface area (Å²) in [7, 11) is -3.14. The molecule has 5 nitrogen and oxygen atoms in total. The summed E-state index contributed by atoms with van der Waals surface area (Å²) in [5.74, 6) is 0.0424. The highest BCUT2D eigenvalue weighted by atomic mass is 32.2. The van der Waals surface area contributed by atoms with Crippen LogP contribution in [0.1, 0.15) is 39.5 Å². The zero-order valence-electron chi connectivity index (χ0n) is 11.5. The third-order valence-corrected chi connectivity index (χ3v) is 4.64. The lowest BCUT2D eigenvalue weighted by atomic mass is 10.0. The predicted molar refractivity (Wildman–Crippen MR) is 71.7 cm³/mol. The molecular weight excluding hydrogens is 252 g/mol. The van der Waals surface area contributed by atoms with Gasteiger partial charge in [0.2, 0.25) is 15.9 Å². The number of nitrogens with zero attached hydrogens (tertiary/aromatic N) is 1. The van der Waals surface area contributed by atoms with E-state index in [0.717, 1.165) is 25.7 Å². The van der Waals surface area contributed by atoms with Crippen LogP contribution in [0.15, 0.2) is 0 Å². The Balaban J connectivity index is 2.50. The molecule has 0 radical (unpaired) electrons. The van der Waals surface area contributed by atoms with Gasteiger partial charge in [-0.2, -0.15) is 0 Å². The number of rotatable bonds is 5. The van der Waals surface area contributed by atoms with Crippen LogP contribution in [0.25, 0.3) is 0 Å². The van der Waals surface area contributed by atoms with Crippen LogP contribution >= 0.6 is 0 Å². The number of carbonyl (C=O) groups excluding carboxylic acids is 1. The first-order chi connectivity index (χ1) is 8.34. The van der Waals surface area contributed by atoms with Gasteiger partial charge in [0.05, 0.1) is 6.26 Å². The van der Waals surface area contributed by atoms with Gasteiger partial charge in [-0.3, -0.25) is 4.79 Å². The number of carbonyl (C=O) groups is 1. The van der Waals surface area contributed by atoms with Gasteiger partial charge in [-0.05, 0) is 19.3 Å². The summed E-state index contributed by atoms with van der Waals surface area (Å²) in [4.78, 5) is 11.9. The molecule has 2 unspecified atom stereocenters. The van der Waals surface area contributed by atoms with Crippen molar-refractivity contribution in [2.45, 2.75) is 45.6 Å². The number of amides is 1. The van der Waals surface area contributed by atoms with E-state index in [4.69, 9.17) is 0 Å². The van der Waals surface area contributed by atoms with Gasteiger partial charge in [0.15, 0.2) is 0 Å². The highest BCUT2D eigenvalue weighted by Gasteiger charge is 2.27. The minimum absolute atomic E-state index is 0.00334. The molecule has 1 heterocycles. The Labute approximate surface area is 110 Å². The maximum atomic E-state index is 11.9. The first-order valence-electron chi connectivity index (χ1n) is 6.60. The maximum absolute atomic E-state index is 11.9. The van der Waals surface area contributed by atoms with Gasteiger partial charge in [0.25, 0.3) is 0 Å². The Morgan fingerprint density at radius 1 is 1.50 bits per heavy atom. The average Bonchev–Trinajstić information content (AvgIpc) is 2.28. The molecule has 0 aromatic carbocycles. The second kappa shape index (κ2) is 6.52. The van der Waals surface area contributed by atoms with E-state index in [0.29, 0.717) is 13.1 Å². The average molecular weight is 276 g/mol. The molecule has 0 saturated carbocycles. The highest BCUT2D eigenvalue weighted by Crippen LogP contribution is 2.14. The lowest BCUT2D eigenvalue weighted by molar-refractivity contribution is -0.125. The molecule has 1 saturated heterocycles. The van der Waals surface area contributed by atoms with E-state index in [9.17, 15) is 13.2 Å². The monoisotopic (exact) mass is 276 g/mol. The van der Waals surface area contributed by atoms with Crippen LogP contribution in [-0.4, -0.2) is 44.0 Å². The van der Waals surface area contributed by atoms with Crippen molar-refractivity contribution in [2.75, 3.05) is 19.3 Å². The van der Waals surface area contributed by atoms with Gasteiger partial charge in [-0.15, -0.1) is 0 Å². The summed E-state index contributed by atoms with van der Waals surface area (Å²) < 4.78 is 24.4. The molecule has 0 aromatic rings. The molecule has 1 rings (SSSR count). The van der Waals surface area contributed by atoms with Crippen LogP contribution < -0.4 is 5.32 Å². The predicted octanol–water partition coefficient (Wildman–Crippen LogP) is 0.963. The second-order valence-corrected chi connectivity index (χ2v) is 7.14. The molecule has 1 aliphatic rings. The molecule has 0 aromatic heterocycles. The van der Waals surface area contributed by atoms with Gasteiger partial charge in [-0.25, -0.2) is 12.7 Å². The second-order valence-electron chi connectivity index (χ2n) is 5.16. The van der Waals surface area contributed by atoms with Crippen molar-refractivity contribution < 1.29 is 13.2 Å². The van der Waals surface area contributed by atoms with E-state index in [2.05, 4.69) is 12.2 Å². The highest BCUT2D eigenvalue weighted by molar-refractivity contribution is 7.88. The molecule has 1 N–H and O–H groups in total. The Morgan fingerprint density at radius 3 is 2.72 bits per heavy atom. The third-order valence-electron chi connectivity index (χ3n) is 3.37. The van der Waals surface area contributed by atoms with Crippen LogP contribution in [0.5, 0.6) is 0 Å². The van der Waals surface area contributed by atoms with Crippen LogP contribution in [0, 0.1) is 5.92 Å². The van der Waals surface area contributed by atoms with Crippen LogP contribution in [0.3, 0.4) is 0 Å². The summed E-state index contributed by atoms with van der Waals surface area (Å²) in [6.07, 6.45) is 4.73. The van der Waals surface area contributed by atoms with Gasteiger partial charge in [-0.1, -0.05) is 20.3 Å². The zero-order valence-corrected chi connectivity index (χ0v) is 12.3. The molecule has 2 atom stereocenters.